The second-order valence-electron chi connectivity index (χ2n) is 8.16. The van der Waals surface area contributed by atoms with Gasteiger partial charge in [-0.3, -0.25) is 9.59 Å². The van der Waals surface area contributed by atoms with Gasteiger partial charge in [0.25, 0.3) is 11.8 Å². The Kier molecular flexibility index (Phi) is 6.90. The van der Waals surface area contributed by atoms with Crippen molar-refractivity contribution in [2.24, 2.45) is 0 Å². The van der Waals surface area contributed by atoms with Crippen LogP contribution in [0.3, 0.4) is 0 Å². The zero-order valence-electron chi connectivity index (χ0n) is 18.5. The lowest BCUT2D eigenvalue weighted by atomic mass is 9.92. The molecule has 0 bridgehead atoms. The molecule has 6 nitrogen and oxygen atoms in total. The van der Waals surface area contributed by atoms with Crippen molar-refractivity contribution in [1.29, 1.82) is 5.26 Å². The summed E-state index contributed by atoms with van der Waals surface area (Å²) in [6.07, 6.45) is -6.66. The second-order valence-corrected chi connectivity index (χ2v) is 8.57. The number of halogens is 6. The van der Waals surface area contributed by atoms with Gasteiger partial charge in [0.15, 0.2) is 0 Å². The zero-order valence-corrected chi connectivity index (χ0v) is 19.2. The van der Waals surface area contributed by atoms with Crippen LogP contribution in [0.5, 0.6) is 0 Å². The van der Waals surface area contributed by atoms with Gasteiger partial charge in [0.05, 0.1) is 30.2 Å². The lowest BCUT2D eigenvalue weighted by Crippen LogP contribution is -2.21. The van der Waals surface area contributed by atoms with Crippen molar-refractivity contribution in [2.75, 3.05) is 5.32 Å². The first-order valence-corrected chi connectivity index (χ1v) is 10.9. The number of carbonyl (C=O) groups excluding carboxylic acids is 2. The number of amides is 2. The molecule has 0 unspecified atom stereocenters. The van der Waals surface area contributed by atoms with Gasteiger partial charge in [0, 0.05) is 33.0 Å². The molecule has 190 valence electrons. The Morgan fingerprint density at radius 2 is 1.86 bits per heavy atom. The maximum Gasteiger partial charge on any atom is 0.416 e. The van der Waals surface area contributed by atoms with E-state index in [1.165, 1.54) is 18.2 Å². The van der Waals surface area contributed by atoms with E-state index in [1.54, 1.807) is 6.07 Å². The monoisotopic (exact) mass is 535 g/mol. The number of hydrogen-bond acceptors (Lipinski definition) is 4. The minimum Gasteiger partial charge on any atom is -0.387 e. The number of nitriles is 1. The van der Waals surface area contributed by atoms with Crippen LogP contribution in [-0.2, 0) is 6.18 Å². The Morgan fingerprint density at radius 3 is 2.54 bits per heavy atom. The van der Waals surface area contributed by atoms with Gasteiger partial charge in [-0.05, 0) is 54.1 Å². The number of nitrogens with one attached hydrogen (secondary N) is 2. The van der Waals surface area contributed by atoms with E-state index in [-0.39, 0.29) is 45.5 Å². The van der Waals surface area contributed by atoms with Gasteiger partial charge in [0.1, 0.15) is 11.6 Å². The third kappa shape index (κ3) is 5.26. The van der Waals surface area contributed by atoms with Crippen LogP contribution in [0.25, 0.3) is 0 Å². The summed E-state index contributed by atoms with van der Waals surface area (Å²) in [5.74, 6) is -3.80. The molecule has 0 fully saturated rings. The Hall–Kier alpha value is -4.01. The van der Waals surface area contributed by atoms with Crippen LogP contribution in [-0.4, -0.2) is 16.9 Å². The standard InChI is InChI=1S/C25H15ClF5N3O3/c26-18-2-1-14(27)10-16(18)22-21-17(24(37)34-22)7-11(20(35)3-4-32)8-19(21)33-23(36)12-5-13(25(29,30)31)9-15(28)6-12/h1-2,5-10,20,22,35H,3H2,(H,33,36)(H,34,37)/t20-,22+/m1/s1. The van der Waals surface area contributed by atoms with Crippen LogP contribution >= 0.6 is 11.6 Å². The molecule has 0 saturated carbocycles. The van der Waals surface area contributed by atoms with Crippen LogP contribution in [0.1, 0.15) is 61.5 Å². The highest BCUT2D eigenvalue weighted by Crippen LogP contribution is 2.41. The van der Waals surface area contributed by atoms with E-state index in [0.717, 1.165) is 12.1 Å². The molecule has 0 radical (unpaired) electrons. The first-order chi connectivity index (χ1) is 17.4. The van der Waals surface area contributed by atoms with E-state index in [2.05, 4.69) is 10.6 Å². The van der Waals surface area contributed by atoms with E-state index in [4.69, 9.17) is 16.9 Å². The molecule has 2 atom stereocenters. The van der Waals surface area contributed by atoms with Crippen LogP contribution in [0.15, 0.2) is 48.5 Å². The quantitative estimate of drug-likeness (QED) is 0.366. The summed E-state index contributed by atoms with van der Waals surface area (Å²) in [4.78, 5) is 25.8. The van der Waals surface area contributed by atoms with Crippen molar-refractivity contribution in [2.45, 2.75) is 24.7 Å². The van der Waals surface area contributed by atoms with Crippen molar-refractivity contribution in [3.05, 3.63) is 98.6 Å². The van der Waals surface area contributed by atoms with Crippen molar-refractivity contribution >= 4 is 29.1 Å². The van der Waals surface area contributed by atoms with E-state index in [9.17, 15) is 36.6 Å². The number of rotatable bonds is 5. The number of carbonyl (C=O) groups is 2. The topological polar surface area (TPSA) is 102 Å². The van der Waals surface area contributed by atoms with Gasteiger partial charge in [-0.25, -0.2) is 8.78 Å². The predicted molar refractivity (Wildman–Crippen MR) is 122 cm³/mol. The first-order valence-electron chi connectivity index (χ1n) is 10.6. The van der Waals surface area contributed by atoms with Gasteiger partial charge < -0.3 is 15.7 Å². The Bertz CT molecular complexity index is 1470. The molecule has 2 amide bonds. The van der Waals surface area contributed by atoms with Crippen molar-refractivity contribution < 1.29 is 36.6 Å². The lowest BCUT2D eigenvalue weighted by molar-refractivity contribution is -0.137. The Morgan fingerprint density at radius 1 is 1.14 bits per heavy atom. The van der Waals surface area contributed by atoms with Crippen LogP contribution in [0.4, 0.5) is 27.6 Å². The lowest BCUT2D eigenvalue weighted by Gasteiger charge is -2.20. The normalized spacial score (nSPS) is 15.5. The predicted octanol–water partition coefficient (Wildman–Crippen LogP) is 5.67. The van der Waals surface area contributed by atoms with Crippen molar-refractivity contribution in [3.8, 4) is 6.07 Å². The summed E-state index contributed by atoms with van der Waals surface area (Å²) < 4.78 is 67.3. The van der Waals surface area contributed by atoms with E-state index in [1.807, 2.05) is 0 Å². The SMILES string of the molecule is N#CC[C@@H](O)c1cc(NC(=O)c2cc(F)cc(C(F)(F)F)c2)c2c(c1)C(=O)N[C@H]2c1cc(F)ccc1Cl. The average molecular weight is 536 g/mol. The average Bonchev–Trinajstić information content (AvgIpc) is 3.16. The summed E-state index contributed by atoms with van der Waals surface area (Å²) in [7, 11) is 0. The Balaban J connectivity index is 1.85. The number of aliphatic hydroxyl groups is 1. The van der Waals surface area contributed by atoms with E-state index < -0.39 is 52.9 Å². The molecule has 4 rings (SSSR count). The number of fused-ring (bicyclic) bond motifs is 1. The van der Waals surface area contributed by atoms with E-state index in [0.29, 0.717) is 12.1 Å². The van der Waals surface area contributed by atoms with Gasteiger partial charge in [-0.2, -0.15) is 18.4 Å². The summed E-state index contributed by atoms with van der Waals surface area (Å²) in [5, 5.41) is 24.3. The summed E-state index contributed by atoms with van der Waals surface area (Å²) in [5.41, 5.74) is -1.98. The molecule has 3 aromatic carbocycles. The van der Waals surface area contributed by atoms with Gasteiger partial charge >= 0.3 is 6.18 Å². The molecule has 3 aromatic rings. The van der Waals surface area contributed by atoms with Crippen LogP contribution in [0.2, 0.25) is 5.02 Å². The fraction of sp³-hybridized carbons (Fsp3) is 0.160. The molecule has 1 aliphatic rings. The van der Waals surface area contributed by atoms with Crippen LogP contribution in [0, 0.1) is 23.0 Å². The zero-order chi connectivity index (χ0) is 27.1. The maximum atomic E-state index is 14.0. The highest BCUT2D eigenvalue weighted by atomic mass is 35.5. The highest BCUT2D eigenvalue weighted by molar-refractivity contribution is 6.31. The number of aliphatic hydroxyl groups excluding tert-OH is 1. The van der Waals surface area contributed by atoms with Crippen LogP contribution < -0.4 is 10.6 Å². The second kappa shape index (κ2) is 9.80. The fourth-order valence-corrected chi connectivity index (χ4v) is 4.23. The van der Waals surface area contributed by atoms with Gasteiger partial charge in [0.2, 0.25) is 0 Å². The van der Waals surface area contributed by atoms with E-state index >= 15 is 0 Å². The summed E-state index contributed by atoms with van der Waals surface area (Å²) in [6, 6.07) is 7.88. The maximum absolute atomic E-state index is 14.0. The van der Waals surface area contributed by atoms with Gasteiger partial charge in [-0.15, -0.1) is 0 Å². The molecule has 12 heteroatoms. The summed E-state index contributed by atoms with van der Waals surface area (Å²) >= 11 is 6.22. The fourth-order valence-electron chi connectivity index (χ4n) is 4.00. The smallest absolute Gasteiger partial charge is 0.387 e. The molecule has 37 heavy (non-hydrogen) atoms. The van der Waals surface area contributed by atoms with Crippen molar-refractivity contribution in [1.82, 2.24) is 5.32 Å². The molecule has 0 aliphatic carbocycles. The largest absolute Gasteiger partial charge is 0.416 e. The number of hydrogen-bond donors (Lipinski definition) is 3. The number of nitrogens with zero attached hydrogens (tertiary/aromatic N) is 1. The minimum absolute atomic E-state index is 0.0481. The molecule has 0 spiro atoms. The molecule has 3 N–H and O–H groups in total. The van der Waals surface area contributed by atoms with Crippen molar-refractivity contribution in [3.63, 3.8) is 0 Å². The molecule has 0 saturated heterocycles. The third-order valence-electron chi connectivity index (χ3n) is 5.69. The molecular weight excluding hydrogens is 521 g/mol. The molecule has 1 aliphatic heterocycles. The first kappa shape index (κ1) is 26.1. The number of benzene rings is 3. The number of alkyl halides is 3. The summed E-state index contributed by atoms with van der Waals surface area (Å²) in [6.45, 7) is 0. The Labute approximate surface area is 211 Å². The van der Waals surface area contributed by atoms with Gasteiger partial charge in [-0.1, -0.05) is 11.6 Å². The number of anilines is 1. The third-order valence-corrected chi connectivity index (χ3v) is 6.03. The minimum atomic E-state index is -4.92. The molecular formula is C25H15ClF5N3O3. The molecule has 1 heterocycles. The molecule has 0 aromatic heterocycles. The highest BCUT2D eigenvalue weighted by Gasteiger charge is 2.36.